The number of hydrogen-bond donors (Lipinski definition) is 0. The van der Waals surface area contributed by atoms with Crippen LogP contribution in [0.5, 0.6) is 0 Å². The van der Waals surface area contributed by atoms with Crippen molar-refractivity contribution in [3.05, 3.63) is 38.8 Å². The molecule has 0 unspecified atom stereocenters. The maximum atomic E-state index is 13.0. The molecule has 0 radical (unpaired) electrons. The van der Waals surface area contributed by atoms with Gasteiger partial charge in [-0.15, -0.1) is 11.3 Å². The highest BCUT2D eigenvalue weighted by molar-refractivity contribution is 7.16. The van der Waals surface area contributed by atoms with Crippen LogP contribution >= 0.6 is 22.9 Å². The van der Waals surface area contributed by atoms with E-state index in [9.17, 15) is 4.79 Å². The Morgan fingerprint density at radius 2 is 1.95 bits per heavy atom. The zero-order valence-corrected chi connectivity index (χ0v) is 14.1. The van der Waals surface area contributed by atoms with Crippen LogP contribution in [0.1, 0.15) is 38.5 Å². The van der Waals surface area contributed by atoms with Crippen molar-refractivity contribution in [3.8, 4) is 0 Å². The van der Waals surface area contributed by atoms with E-state index >= 15 is 0 Å². The van der Waals surface area contributed by atoms with Gasteiger partial charge in [0.15, 0.2) is 0 Å². The summed E-state index contributed by atoms with van der Waals surface area (Å²) in [7, 11) is 0. The number of anilines is 1. The molecule has 1 aromatic carbocycles. The number of piperidine rings is 1. The van der Waals surface area contributed by atoms with Gasteiger partial charge in [-0.3, -0.25) is 4.79 Å². The van der Waals surface area contributed by atoms with Gasteiger partial charge in [-0.25, -0.2) is 0 Å². The first-order valence-electron chi connectivity index (χ1n) is 8.22. The number of hydrogen-bond acceptors (Lipinski definition) is 3. The number of benzene rings is 1. The minimum Gasteiger partial charge on any atom is -0.364 e. The van der Waals surface area contributed by atoms with Crippen LogP contribution in [0.25, 0.3) is 10.1 Å². The number of fused-ring (bicyclic) bond motifs is 2. The highest BCUT2D eigenvalue weighted by Crippen LogP contribution is 2.37. The first kappa shape index (κ1) is 14.5. The van der Waals surface area contributed by atoms with Crippen molar-refractivity contribution in [1.82, 2.24) is 0 Å². The van der Waals surface area contributed by atoms with Crippen LogP contribution < -0.4 is 10.3 Å². The summed E-state index contributed by atoms with van der Waals surface area (Å²) in [6.45, 7) is 1.02. The molecule has 4 rings (SSSR count). The van der Waals surface area contributed by atoms with Crippen LogP contribution in [0.2, 0.25) is 5.02 Å². The van der Waals surface area contributed by atoms with Gasteiger partial charge in [0.2, 0.25) is 5.43 Å². The van der Waals surface area contributed by atoms with E-state index in [1.807, 2.05) is 18.2 Å². The van der Waals surface area contributed by atoms with Crippen molar-refractivity contribution in [2.24, 2.45) is 5.92 Å². The third-order valence-electron chi connectivity index (χ3n) is 5.27. The second-order valence-corrected chi connectivity index (χ2v) is 7.89. The molecule has 1 saturated carbocycles. The normalized spacial score (nSPS) is 25.2. The minimum atomic E-state index is 0.155. The Labute approximate surface area is 139 Å². The standard InChI is InChI=1S/C18H20ClNOS/c19-13-7-8-17-14(10-13)18(21)16(11-22-17)20-9-3-5-12-4-1-2-6-15(12)20/h7-8,10-12,15H,1-6,9H2/t12-,15-/m0/s1. The Bertz CT molecular complexity index is 754. The Morgan fingerprint density at radius 1 is 1.14 bits per heavy atom. The van der Waals surface area contributed by atoms with Gasteiger partial charge in [-0.1, -0.05) is 24.4 Å². The summed E-state index contributed by atoms with van der Waals surface area (Å²) < 4.78 is 1.02. The van der Waals surface area contributed by atoms with Crippen molar-refractivity contribution in [1.29, 1.82) is 0 Å². The maximum Gasteiger partial charge on any atom is 0.211 e. The lowest BCUT2D eigenvalue weighted by atomic mass is 9.78. The zero-order chi connectivity index (χ0) is 15.1. The number of rotatable bonds is 1. The summed E-state index contributed by atoms with van der Waals surface area (Å²) in [5.41, 5.74) is 1.05. The maximum absolute atomic E-state index is 13.0. The van der Waals surface area contributed by atoms with E-state index in [1.165, 1.54) is 38.5 Å². The molecule has 116 valence electrons. The highest BCUT2D eigenvalue weighted by Gasteiger charge is 2.34. The average molecular weight is 334 g/mol. The molecule has 1 aliphatic carbocycles. The fourth-order valence-corrected chi connectivity index (χ4v) is 5.29. The van der Waals surface area contributed by atoms with E-state index in [4.69, 9.17) is 11.6 Å². The van der Waals surface area contributed by atoms with Crippen LogP contribution in [0.15, 0.2) is 28.4 Å². The van der Waals surface area contributed by atoms with E-state index in [0.29, 0.717) is 11.1 Å². The van der Waals surface area contributed by atoms with Gasteiger partial charge in [0.05, 0.1) is 5.69 Å². The molecule has 2 fully saturated rings. The molecule has 2 heterocycles. The molecule has 1 aromatic heterocycles. The molecule has 0 amide bonds. The highest BCUT2D eigenvalue weighted by atomic mass is 35.5. The Morgan fingerprint density at radius 3 is 2.86 bits per heavy atom. The molecule has 2 aliphatic rings. The van der Waals surface area contributed by atoms with E-state index in [-0.39, 0.29) is 5.43 Å². The van der Waals surface area contributed by atoms with Crippen LogP contribution in [0.3, 0.4) is 0 Å². The minimum absolute atomic E-state index is 0.155. The second-order valence-electron chi connectivity index (χ2n) is 6.54. The third-order valence-corrected chi connectivity index (χ3v) is 6.46. The summed E-state index contributed by atoms with van der Waals surface area (Å²) in [6.07, 6.45) is 7.77. The molecule has 2 aromatic rings. The number of nitrogens with zero attached hydrogens (tertiary/aromatic N) is 1. The van der Waals surface area contributed by atoms with E-state index in [0.717, 1.165) is 28.2 Å². The van der Waals surface area contributed by atoms with Crippen molar-refractivity contribution >= 4 is 38.7 Å². The fraction of sp³-hybridized carbons (Fsp3) is 0.500. The fourth-order valence-electron chi connectivity index (χ4n) is 4.22. The molecular weight excluding hydrogens is 314 g/mol. The molecule has 1 saturated heterocycles. The molecule has 1 aliphatic heterocycles. The van der Waals surface area contributed by atoms with Crippen LogP contribution in [0.4, 0.5) is 5.69 Å². The number of halogens is 1. The van der Waals surface area contributed by atoms with Crippen LogP contribution in [-0.4, -0.2) is 12.6 Å². The molecule has 0 bridgehead atoms. The summed E-state index contributed by atoms with van der Waals surface area (Å²) in [5, 5.41) is 3.48. The van der Waals surface area contributed by atoms with Crippen molar-refractivity contribution < 1.29 is 0 Å². The molecule has 0 spiro atoms. The van der Waals surface area contributed by atoms with Gasteiger partial charge in [0.1, 0.15) is 0 Å². The third kappa shape index (κ3) is 2.44. The Hall–Kier alpha value is -1.06. The molecule has 2 nitrogen and oxygen atoms in total. The lowest BCUT2D eigenvalue weighted by molar-refractivity contribution is 0.243. The molecular formula is C18H20ClNOS. The van der Waals surface area contributed by atoms with Crippen LogP contribution in [-0.2, 0) is 0 Å². The van der Waals surface area contributed by atoms with Gasteiger partial charge in [0, 0.05) is 33.1 Å². The Kier molecular flexibility index (Phi) is 3.87. The summed E-state index contributed by atoms with van der Waals surface area (Å²) >= 11 is 7.75. The predicted molar refractivity (Wildman–Crippen MR) is 95.4 cm³/mol. The summed E-state index contributed by atoms with van der Waals surface area (Å²) in [4.78, 5) is 15.4. The largest absolute Gasteiger partial charge is 0.364 e. The van der Waals surface area contributed by atoms with Crippen molar-refractivity contribution in [2.45, 2.75) is 44.6 Å². The van der Waals surface area contributed by atoms with Gasteiger partial charge < -0.3 is 4.90 Å². The average Bonchev–Trinajstić information content (AvgIpc) is 2.55. The monoisotopic (exact) mass is 333 g/mol. The Balaban J connectivity index is 1.79. The van der Waals surface area contributed by atoms with Crippen molar-refractivity contribution in [3.63, 3.8) is 0 Å². The lowest BCUT2D eigenvalue weighted by Crippen LogP contribution is -2.48. The van der Waals surface area contributed by atoms with E-state index in [2.05, 4.69) is 10.3 Å². The molecule has 0 N–H and O–H groups in total. The lowest BCUT2D eigenvalue weighted by Gasteiger charge is -2.45. The molecule has 4 heteroatoms. The SMILES string of the molecule is O=c1c(N2CCC[C@@H]3CCCC[C@@H]32)csc2ccc(Cl)cc12. The molecule has 22 heavy (non-hydrogen) atoms. The first-order valence-corrected chi connectivity index (χ1v) is 9.47. The van der Waals surface area contributed by atoms with Gasteiger partial charge in [0.25, 0.3) is 0 Å². The quantitative estimate of drug-likeness (QED) is 0.725. The summed E-state index contributed by atoms with van der Waals surface area (Å²) in [6, 6.07) is 6.20. The van der Waals surface area contributed by atoms with Gasteiger partial charge >= 0.3 is 0 Å². The van der Waals surface area contributed by atoms with E-state index in [1.54, 1.807) is 11.3 Å². The second kappa shape index (κ2) is 5.86. The van der Waals surface area contributed by atoms with Crippen molar-refractivity contribution in [2.75, 3.05) is 11.4 Å². The summed E-state index contributed by atoms with van der Waals surface area (Å²) in [5.74, 6) is 0.780. The topological polar surface area (TPSA) is 20.3 Å². The van der Waals surface area contributed by atoms with Crippen LogP contribution in [0, 0.1) is 5.92 Å². The van der Waals surface area contributed by atoms with Gasteiger partial charge in [-0.05, 0) is 49.8 Å². The van der Waals surface area contributed by atoms with E-state index < -0.39 is 0 Å². The van der Waals surface area contributed by atoms with Gasteiger partial charge in [-0.2, -0.15) is 0 Å². The predicted octanol–water partition coefficient (Wildman–Crippen LogP) is 5.07. The first-order chi connectivity index (χ1) is 10.7. The smallest absolute Gasteiger partial charge is 0.211 e. The zero-order valence-electron chi connectivity index (χ0n) is 12.6. The molecule has 2 atom stereocenters.